The molecule has 3 rings (SSSR count). The summed E-state index contributed by atoms with van der Waals surface area (Å²) in [6.07, 6.45) is -4.71. The summed E-state index contributed by atoms with van der Waals surface area (Å²) in [4.78, 5) is 36.2. The Morgan fingerprint density at radius 2 is 1.50 bits per heavy atom. The number of unbranched alkanes of at least 4 members (excludes halogenated alkanes) is 2. The van der Waals surface area contributed by atoms with Crippen LogP contribution < -0.4 is 4.74 Å². The molecule has 1 fully saturated rings. The van der Waals surface area contributed by atoms with Crippen molar-refractivity contribution in [3.05, 3.63) is 65.2 Å². The maximum atomic E-state index is 13.2. The van der Waals surface area contributed by atoms with E-state index in [2.05, 4.69) is 16.4 Å². The minimum absolute atomic E-state index is 0.0672. The second-order valence-corrected chi connectivity index (χ2v) is 9.34. The molecule has 0 bridgehead atoms. The molecule has 1 saturated heterocycles. The highest BCUT2D eigenvalue weighted by atomic mass is 19.4. The van der Waals surface area contributed by atoms with Gasteiger partial charge in [-0.1, -0.05) is 38.3 Å². The van der Waals surface area contributed by atoms with E-state index in [9.17, 15) is 27.6 Å². The number of alkyl halides is 3. The van der Waals surface area contributed by atoms with Gasteiger partial charge in [0.25, 0.3) is 0 Å². The lowest BCUT2D eigenvalue weighted by Gasteiger charge is -2.29. The fourth-order valence-corrected chi connectivity index (χ4v) is 3.98. The number of hydrogen-bond acceptors (Lipinski definition) is 8. The van der Waals surface area contributed by atoms with Crippen LogP contribution in [0.4, 0.5) is 13.2 Å². The zero-order chi connectivity index (χ0) is 29.1. The van der Waals surface area contributed by atoms with Gasteiger partial charge in [0.05, 0.1) is 37.4 Å². The van der Waals surface area contributed by atoms with Gasteiger partial charge in [0.1, 0.15) is 5.75 Å². The molecule has 1 heterocycles. The molecule has 0 aromatic heterocycles. The lowest BCUT2D eigenvalue weighted by Crippen LogP contribution is -2.36. The monoisotopic (exact) mass is 566 g/mol. The van der Waals surface area contributed by atoms with Gasteiger partial charge < -0.3 is 23.7 Å². The van der Waals surface area contributed by atoms with Crippen LogP contribution in [0, 0.1) is 5.92 Å². The average molecular weight is 567 g/mol. The van der Waals surface area contributed by atoms with E-state index in [1.807, 2.05) is 0 Å². The minimum atomic E-state index is -4.96. The highest BCUT2D eigenvalue weighted by molar-refractivity contribution is 5.92. The molecule has 1 atom stereocenters. The first-order chi connectivity index (χ1) is 19.1. The van der Waals surface area contributed by atoms with Crippen LogP contribution in [0.15, 0.2) is 48.5 Å². The summed E-state index contributed by atoms with van der Waals surface area (Å²) in [7, 11) is 0. The van der Waals surface area contributed by atoms with E-state index < -0.39 is 42.9 Å². The van der Waals surface area contributed by atoms with Crippen LogP contribution in [0.3, 0.4) is 0 Å². The minimum Gasteiger partial charge on any atom is -0.466 e. The molecule has 2 aromatic carbocycles. The molecule has 0 N–H and O–H groups in total. The van der Waals surface area contributed by atoms with Crippen molar-refractivity contribution in [2.24, 2.45) is 5.92 Å². The third-order valence-corrected chi connectivity index (χ3v) is 6.17. The summed E-state index contributed by atoms with van der Waals surface area (Å²) in [5, 5.41) is 0. The number of carbonyl (C=O) groups excluding carboxylic acids is 3. The van der Waals surface area contributed by atoms with E-state index >= 15 is 0 Å². The van der Waals surface area contributed by atoms with Crippen molar-refractivity contribution >= 4 is 17.9 Å². The molecule has 1 unspecified atom stereocenters. The maximum absolute atomic E-state index is 13.2. The van der Waals surface area contributed by atoms with Gasteiger partial charge in [-0.05, 0) is 49.7 Å². The van der Waals surface area contributed by atoms with Gasteiger partial charge in [-0.2, -0.15) is 13.2 Å². The topological polar surface area (TPSA) is 97.4 Å². The number of ether oxygens (including phenoxy) is 5. The number of hydrogen-bond donors (Lipinski definition) is 0. The van der Waals surface area contributed by atoms with Crippen LogP contribution in [-0.4, -0.2) is 50.0 Å². The van der Waals surface area contributed by atoms with Crippen LogP contribution in [0.2, 0.25) is 0 Å². The van der Waals surface area contributed by atoms with Crippen LogP contribution >= 0.6 is 0 Å². The van der Waals surface area contributed by atoms with E-state index in [1.165, 1.54) is 25.5 Å². The Bertz CT molecular complexity index is 1110. The Hall–Kier alpha value is -3.44. The van der Waals surface area contributed by atoms with Crippen molar-refractivity contribution in [2.75, 3.05) is 19.8 Å². The third-order valence-electron chi connectivity index (χ3n) is 6.17. The van der Waals surface area contributed by atoms with Gasteiger partial charge in [0.15, 0.2) is 6.29 Å². The molecular formula is C29H33F3O8. The summed E-state index contributed by atoms with van der Waals surface area (Å²) in [5.41, 5.74) is 0.807. The average Bonchev–Trinajstić information content (AvgIpc) is 2.93. The summed E-state index contributed by atoms with van der Waals surface area (Å²) in [5.74, 6) is -2.66. The molecule has 0 saturated carbocycles. The number of rotatable bonds is 12. The van der Waals surface area contributed by atoms with Gasteiger partial charge >= 0.3 is 24.1 Å². The van der Waals surface area contributed by atoms with Crippen molar-refractivity contribution in [3.8, 4) is 5.75 Å². The molecule has 1 aliphatic rings. The summed E-state index contributed by atoms with van der Waals surface area (Å²) < 4.78 is 65.6. The zero-order valence-corrected chi connectivity index (χ0v) is 22.4. The number of esters is 3. The largest absolute Gasteiger partial charge is 0.466 e. The molecule has 0 radical (unpaired) electrons. The molecule has 11 heteroatoms. The van der Waals surface area contributed by atoms with E-state index in [0.29, 0.717) is 19.1 Å². The first kappa shape index (κ1) is 31.1. The fraction of sp³-hybridized carbons (Fsp3) is 0.483. The lowest BCUT2D eigenvalue weighted by atomic mass is 10.0. The van der Waals surface area contributed by atoms with Crippen molar-refractivity contribution < 1.29 is 51.2 Å². The standard InChI is InChI=1S/C29H33F3O8/c1-3-5-6-7-19-17-37-28(38-18-19)22-10-8-20(9-11-22)26(34)39-23-14-12-21(13-15-23)27(35)40-24(29(30,31)32)16-25(33)36-4-2/h8-15,19,24,28H,3-7,16-18H2,1-2H3. The normalized spacial score (nSPS) is 18.0. The van der Waals surface area contributed by atoms with Gasteiger partial charge in [-0.25, -0.2) is 9.59 Å². The number of benzene rings is 2. The molecule has 1 aliphatic heterocycles. The molecule has 0 spiro atoms. The molecule has 40 heavy (non-hydrogen) atoms. The first-order valence-electron chi connectivity index (χ1n) is 13.2. The summed E-state index contributed by atoms with van der Waals surface area (Å²) in [6, 6.07) is 11.4. The first-order valence-corrected chi connectivity index (χ1v) is 13.2. The van der Waals surface area contributed by atoms with E-state index in [-0.39, 0.29) is 23.5 Å². The Morgan fingerprint density at radius 3 is 2.08 bits per heavy atom. The van der Waals surface area contributed by atoms with E-state index in [0.717, 1.165) is 37.0 Å². The van der Waals surface area contributed by atoms with Crippen molar-refractivity contribution in [3.63, 3.8) is 0 Å². The number of halogens is 3. The van der Waals surface area contributed by atoms with Crippen molar-refractivity contribution in [1.29, 1.82) is 0 Å². The fourth-order valence-electron chi connectivity index (χ4n) is 3.98. The summed E-state index contributed by atoms with van der Waals surface area (Å²) in [6.45, 7) is 4.73. The molecule has 0 aliphatic carbocycles. The van der Waals surface area contributed by atoms with E-state index in [4.69, 9.17) is 14.2 Å². The van der Waals surface area contributed by atoms with Crippen LogP contribution in [0.5, 0.6) is 5.75 Å². The second-order valence-electron chi connectivity index (χ2n) is 9.34. The molecule has 2 aromatic rings. The Morgan fingerprint density at radius 1 is 0.900 bits per heavy atom. The van der Waals surface area contributed by atoms with Crippen molar-refractivity contribution in [2.45, 2.75) is 64.5 Å². The van der Waals surface area contributed by atoms with Crippen LogP contribution in [-0.2, 0) is 23.7 Å². The van der Waals surface area contributed by atoms with Crippen LogP contribution in [0.1, 0.15) is 78.5 Å². The molecule has 218 valence electrons. The predicted octanol–water partition coefficient (Wildman–Crippen LogP) is 6.19. The van der Waals surface area contributed by atoms with Gasteiger partial charge in [0, 0.05) is 11.5 Å². The second kappa shape index (κ2) is 14.8. The summed E-state index contributed by atoms with van der Waals surface area (Å²) >= 11 is 0. The Kier molecular flexibility index (Phi) is 11.5. The van der Waals surface area contributed by atoms with Crippen LogP contribution in [0.25, 0.3) is 0 Å². The third kappa shape index (κ3) is 9.34. The van der Waals surface area contributed by atoms with Gasteiger partial charge in [0.2, 0.25) is 6.10 Å². The smallest absolute Gasteiger partial charge is 0.426 e. The molecular weight excluding hydrogens is 533 g/mol. The quantitative estimate of drug-likeness (QED) is 0.171. The highest BCUT2D eigenvalue weighted by Gasteiger charge is 2.44. The van der Waals surface area contributed by atoms with Gasteiger partial charge in [-0.3, -0.25) is 4.79 Å². The van der Waals surface area contributed by atoms with Crippen molar-refractivity contribution in [1.82, 2.24) is 0 Å². The predicted molar refractivity (Wildman–Crippen MR) is 137 cm³/mol. The van der Waals surface area contributed by atoms with Gasteiger partial charge in [-0.15, -0.1) is 0 Å². The molecule has 0 amide bonds. The zero-order valence-electron chi connectivity index (χ0n) is 22.4. The van der Waals surface area contributed by atoms with E-state index in [1.54, 1.807) is 24.3 Å². The Labute approximate surface area is 230 Å². The number of carbonyl (C=O) groups is 3. The maximum Gasteiger partial charge on any atom is 0.426 e. The highest BCUT2D eigenvalue weighted by Crippen LogP contribution is 2.29. The molecule has 8 nitrogen and oxygen atoms in total. The Balaban J connectivity index is 1.52. The SMILES string of the molecule is CCCCCC1COC(c2ccc(C(=O)Oc3ccc(C(=O)OC(CC(=O)OCC)C(F)(F)F)cc3)cc2)OC1. The lowest BCUT2D eigenvalue weighted by molar-refractivity contribution is -0.209.